The molecular formula is C10H16N2O2. The van der Waals surface area contributed by atoms with Crippen LogP contribution in [0.1, 0.15) is 38.5 Å². The van der Waals surface area contributed by atoms with E-state index < -0.39 is 0 Å². The van der Waals surface area contributed by atoms with E-state index in [1.54, 1.807) is 10.0 Å². The number of hydrogen-bond acceptors (Lipinski definition) is 2. The zero-order valence-electron chi connectivity index (χ0n) is 8.37. The molecule has 2 heterocycles. The van der Waals surface area contributed by atoms with Crippen molar-refractivity contribution in [3.05, 3.63) is 0 Å². The molecule has 0 aliphatic carbocycles. The molecule has 2 amide bonds. The van der Waals surface area contributed by atoms with Gasteiger partial charge in [-0.15, -0.1) is 0 Å². The maximum absolute atomic E-state index is 11.7. The zero-order valence-corrected chi connectivity index (χ0v) is 8.37. The van der Waals surface area contributed by atoms with Crippen molar-refractivity contribution in [2.24, 2.45) is 0 Å². The van der Waals surface area contributed by atoms with Gasteiger partial charge in [0.05, 0.1) is 0 Å². The standard InChI is InChI=1S/C10H16N2O2/c13-9-5-2-1-3-7-11(9)12-8-4-6-10(12)14/h1-8H2. The first-order valence-corrected chi connectivity index (χ1v) is 5.40. The lowest BCUT2D eigenvalue weighted by Crippen LogP contribution is -2.46. The van der Waals surface area contributed by atoms with Gasteiger partial charge in [0.15, 0.2) is 0 Å². The van der Waals surface area contributed by atoms with Crippen LogP contribution in [0.4, 0.5) is 0 Å². The number of carbonyl (C=O) groups is 2. The van der Waals surface area contributed by atoms with Crippen LogP contribution in [-0.2, 0) is 9.59 Å². The SMILES string of the molecule is O=C1CCCCCN1N1CCCC1=O. The Hall–Kier alpha value is -1.06. The van der Waals surface area contributed by atoms with Gasteiger partial charge in [-0.1, -0.05) is 6.42 Å². The van der Waals surface area contributed by atoms with Gasteiger partial charge in [-0.3, -0.25) is 19.6 Å². The minimum Gasteiger partial charge on any atom is -0.273 e. The number of amides is 2. The van der Waals surface area contributed by atoms with Crippen molar-refractivity contribution in [3.63, 3.8) is 0 Å². The number of hydrazine groups is 1. The van der Waals surface area contributed by atoms with Gasteiger partial charge in [-0.2, -0.15) is 0 Å². The number of rotatable bonds is 1. The molecule has 0 radical (unpaired) electrons. The second-order valence-corrected chi connectivity index (χ2v) is 3.95. The van der Waals surface area contributed by atoms with Crippen LogP contribution in [0.5, 0.6) is 0 Å². The minimum absolute atomic E-state index is 0.111. The Kier molecular flexibility index (Phi) is 2.70. The van der Waals surface area contributed by atoms with Crippen molar-refractivity contribution >= 4 is 11.8 Å². The molecule has 2 rings (SSSR count). The topological polar surface area (TPSA) is 40.6 Å². The summed E-state index contributed by atoms with van der Waals surface area (Å²) in [4.78, 5) is 23.1. The van der Waals surface area contributed by atoms with Crippen LogP contribution >= 0.6 is 0 Å². The van der Waals surface area contributed by atoms with Crippen LogP contribution in [0.2, 0.25) is 0 Å². The van der Waals surface area contributed by atoms with Gasteiger partial charge in [0, 0.05) is 25.9 Å². The van der Waals surface area contributed by atoms with Gasteiger partial charge in [0.25, 0.3) is 0 Å². The molecule has 2 fully saturated rings. The molecule has 2 aliphatic rings. The van der Waals surface area contributed by atoms with Crippen LogP contribution in [0.3, 0.4) is 0 Å². The summed E-state index contributed by atoms with van der Waals surface area (Å²) in [5.41, 5.74) is 0. The summed E-state index contributed by atoms with van der Waals surface area (Å²) in [6.07, 6.45) is 5.19. The third kappa shape index (κ3) is 1.74. The minimum atomic E-state index is 0.111. The first kappa shape index (κ1) is 9.49. The lowest BCUT2D eigenvalue weighted by Gasteiger charge is -2.30. The molecule has 0 bridgehead atoms. The van der Waals surface area contributed by atoms with Gasteiger partial charge in [-0.05, 0) is 19.3 Å². The summed E-state index contributed by atoms with van der Waals surface area (Å²) in [7, 11) is 0. The second kappa shape index (κ2) is 3.98. The first-order chi connectivity index (χ1) is 6.79. The Morgan fingerprint density at radius 3 is 1.86 bits per heavy atom. The second-order valence-electron chi connectivity index (χ2n) is 3.95. The molecule has 0 spiro atoms. The maximum atomic E-state index is 11.7. The third-order valence-corrected chi connectivity index (χ3v) is 2.89. The molecule has 4 nitrogen and oxygen atoms in total. The largest absolute Gasteiger partial charge is 0.273 e. The molecule has 2 aliphatic heterocycles. The third-order valence-electron chi connectivity index (χ3n) is 2.89. The van der Waals surface area contributed by atoms with Gasteiger partial charge in [-0.25, -0.2) is 0 Å². The summed E-state index contributed by atoms with van der Waals surface area (Å²) in [5.74, 6) is 0.234. The molecular weight excluding hydrogens is 180 g/mol. The molecule has 0 aromatic heterocycles. The fraction of sp³-hybridized carbons (Fsp3) is 0.800. The van der Waals surface area contributed by atoms with E-state index in [1.165, 1.54) is 0 Å². The highest BCUT2D eigenvalue weighted by Gasteiger charge is 2.29. The average Bonchev–Trinajstić information content (AvgIpc) is 2.46. The van der Waals surface area contributed by atoms with Crippen molar-refractivity contribution in [1.82, 2.24) is 10.0 Å². The highest BCUT2D eigenvalue weighted by molar-refractivity contribution is 5.83. The van der Waals surface area contributed by atoms with Gasteiger partial charge in [0.2, 0.25) is 11.8 Å². The van der Waals surface area contributed by atoms with E-state index in [0.717, 1.165) is 38.8 Å². The summed E-state index contributed by atoms with van der Waals surface area (Å²) >= 11 is 0. The van der Waals surface area contributed by atoms with Gasteiger partial charge in [0.1, 0.15) is 0 Å². The van der Waals surface area contributed by atoms with Crippen LogP contribution < -0.4 is 0 Å². The predicted molar refractivity (Wildman–Crippen MR) is 51.1 cm³/mol. The monoisotopic (exact) mass is 196 g/mol. The molecule has 14 heavy (non-hydrogen) atoms. The lowest BCUT2D eigenvalue weighted by molar-refractivity contribution is -0.159. The van der Waals surface area contributed by atoms with Crippen LogP contribution in [0.25, 0.3) is 0 Å². The van der Waals surface area contributed by atoms with Crippen LogP contribution in [-0.4, -0.2) is 34.9 Å². The van der Waals surface area contributed by atoms with E-state index in [9.17, 15) is 9.59 Å². The fourth-order valence-corrected chi connectivity index (χ4v) is 2.11. The molecule has 78 valence electrons. The molecule has 0 aromatic carbocycles. The molecule has 2 saturated heterocycles. The molecule has 0 N–H and O–H groups in total. The Balaban J connectivity index is 2.06. The highest BCUT2D eigenvalue weighted by atomic mass is 16.2. The van der Waals surface area contributed by atoms with Gasteiger partial charge < -0.3 is 0 Å². The van der Waals surface area contributed by atoms with Crippen LogP contribution in [0.15, 0.2) is 0 Å². The number of hydrogen-bond donors (Lipinski definition) is 0. The average molecular weight is 196 g/mol. The quantitative estimate of drug-likeness (QED) is 0.626. The summed E-state index contributed by atoms with van der Waals surface area (Å²) in [6, 6.07) is 0. The molecule has 0 aromatic rings. The Bertz CT molecular complexity index is 253. The van der Waals surface area contributed by atoms with E-state index in [2.05, 4.69) is 0 Å². The molecule has 0 saturated carbocycles. The predicted octanol–water partition coefficient (Wildman–Crippen LogP) is 0.926. The fourth-order valence-electron chi connectivity index (χ4n) is 2.11. The van der Waals surface area contributed by atoms with Crippen molar-refractivity contribution in [2.75, 3.05) is 13.1 Å². The van der Waals surface area contributed by atoms with Crippen molar-refractivity contribution in [1.29, 1.82) is 0 Å². The Morgan fingerprint density at radius 1 is 0.714 bits per heavy atom. The molecule has 4 heteroatoms. The van der Waals surface area contributed by atoms with E-state index >= 15 is 0 Å². The van der Waals surface area contributed by atoms with Crippen molar-refractivity contribution in [3.8, 4) is 0 Å². The van der Waals surface area contributed by atoms with Crippen molar-refractivity contribution in [2.45, 2.75) is 38.5 Å². The number of nitrogens with zero attached hydrogens (tertiary/aromatic N) is 2. The Labute approximate surface area is 83.8 Å². The molecule has 0 atom stereocenters. The lowest BCUT2D eigenvalue weighted by atomic mass is 10.2. The Morgan fingerprint density at radius 2 is 1.29 bits per heavy atom. The van der Waals surface area contributed by atoms with Crippen molar-refractivity contribution < 1.29 is 9.59 Å². The summed E-state index contributed by atoms with van der Waals surface area (Å²) in [6.45, 7) is 1.45. The first-order valence-electron chi connectivity index (χ1n) is 5.40. The van der Waals surface area contributed by atoms with E-state index in [4.69, 9.17) is 0 Å². The maximum Gasteiger partial charge on any atom is 0.241 e. The zero-order chi connectivity index (χ0) is 9.97. The van der Waals surface area contributed by atoms with E-state index in [-0.39, 0.29) is 11.8 Å². The van der Waals surface area contributed by atoms with Crippen LogP contribution in [0, 0.1) is 0 Å². The highest BCUT2D eigenvalue weighted by Crippen LogP contribution is 2.18. The summed E-state index contributed by atoms with van der Waals surface area (Å²) < 4.78 is 0. The van der Waals surface area contributed by atoms with Gasteiger partial charge >= 0.3 is 0 Å². The van der Waals surface area contributed by atoms with E-state index in [1.807, 2.05) is 0 Å². The van der Waals surface area contributed by atoms with E-state index in [0.29, 0.717) is 12.8 Å². The molecule has 0 unspecified atom stereocenters. The normalized spacial score (nSPS) is 24.3. The smallest absolute Gasteiger partial charge is 0.241 e. The summed E-state index contributed by atoms with van der Waals surface area (Å²) in [5, 5.41) is 3.32. The number of carbonyl (C=O) groups excluding carboxylic acids is 2.